The van der Waals surface area contributed by atoms with Gasteiger partial charge in [0, 0.05) is 6.07 Å². The van der Waals surface area contributed by atoms with E-state index in [2.05, 4.69) is 29.5 Å². The first-order valence-corrected chi connectivity index (χ1v) is 10.4. The standard InChI is InChI=1S/C18H18N6O5S/c1-4-28-14-6-5-12(30(26,27)23-15-7-8-29-22-15)9-13(14)17-20-18(25)16-10(2)19-11(3)24(16)21-17/h5-9H,4H2,1-3H3,(H,22,23)(H,20,21,25). The first-order chi connectivity index (χ1) is 14.3. The molecule has 3 heterocycles. The minimum Gasteiger partial charge on any atom is -0.493 e. The van der Waals surface area contributed by atoms with Gasteiger partial charge in [-0.3, -0.25) is 9.52 Å². The number of rotatable bonds is 6. The Hall–Kier alpha value is -3.67. The van der Waals surface area contributed by atoms with Gasteiger partial charge in [-0.15, -0.1) is 5.10 Å². The lowest BCUT2D eigenvalue weighted by molar-refractivity contribution is 0.341. The zero-order valence-corrected chi connectivity index (χ0v) is 17.1. The third kappa shape index (κ3) is 3.41. The summed E-state index contributed by atoms with van der Waals surface area (Å²) in [5, 5.41) is 8.00. The van der Waals surface area contributed by atoms with Gasteiger partial charge in [0.25, 0.3) is 15.6 Å². The molecule has 156 valence electrons. The minimum atomic E-state index is -3.97. The van der Waals surface area contributed by atoms with Crippen LogP contribution < -0.4 is 15.0 Å². The number of benzene rings is 1. The number of imidazole rings is 1. The smallest absolute Gasteiger partial charge is 0.277 e. The molecule has 0 radical (unpaired) electrons. The predicted octanol–water partition coefficient (Wildman–Crippen LogP) is 1.89. The fraction of sp³-hybridized carbons (Fsp3) is 0.222. The summed E-state index contributed by atoms with van der Waals surface area (Å²) in [5.41, 5.74) is 0.788. The molecule has 30 heavy (non-hydrogen) atoms. The van der Waals surface area contributed by atoms with Crippen molar-refractivity contribution in [2.45, 2.75) is 25.7 Å². The average molecular weight is 430 g/mol. The molecule has 0 unspecified atom stereocenters. The van der Waals surface area contributed by atoms with Crippen molar-refractivity contribution >= 4 is 21.4 Å². The second-order valence-corrected chi connectivity index (χ2v) is 8.07. The number of nitrogens with one attached hydrogen (secondary N) is 2. The van der Waals surface area contributed by atoms with Gasteiger partial charge >= 0.3 is 0 Å². The Labute approximate surface area is 170 Å². The van der Waals surface area contributed by atoms with E-state index in [0.29, 0.717) is 35.0 Å². The highest BCUT2D eigenvalue weighted by molar-refractivity contribution is 7.92. The summed E-state index contributed by atoms with van der Waals surface area (Å²) in [7, 11) is -3.97. The second kappa shape index (κ2) is 7.30. The van der Waals surface area contributed by atoms with Gasteiger partial charge in [-0.2, -0.15) is 0 Å². The highest BCUT2D eigenvalue weighted by atomic mass is 32.2. The average Bonchev–Trinajstić information content (AvgIpc) is 3.29. The summed E-state index contributed by atoms with van der Waals surface area (Å²) in [5.74, 6) is 1.09. The lowest BCUT2D eigenvalue weighted by Crippen LogP contribution is -2.16. The lowest BCUT2D eigenvalue weighted by Gasteiger charge is -2.12. The van der Waals surface area contributed by atoms with Gasteiger partial charge in [-0.1, -0.05) is 5.16 Å². The van der Waals surface area contributed by atoms with Crippen molar-refractivity contribution in [2.24, 2.45) is 0 Å². The van der Waals surface area contributed by atoms with E-state index in [1.54, 1.807) is 20.8 Å². The number of aryl methyl sites for hydroxylation is 2. The van der Waals surface area contributed by atoms with Crippen LogP contribution in [0, 0.1) is 13.8 Å². The van der Waals surface area contributed by atoms with Crippen molar-refractivity contribution in [3.8, 4) is 17.1 Å². The summed E-state index contributed by atoms with van der Waals surface area (Å²) in [4.78, 5) is 19.5. The van der Waals surface area contributed by atoms with E-state index in [1.165, 1.54) is 35.0 Å². The van der Waals surface area contributed by atoms with Crippen LogP contribution in [0.15, 0.2) is 44.7 Å². The van der Waals surface area contributed by atoms with Crippen molar-refractivity contribution in [3.63, 3.8) is 0 Å². The van der Waals surface area contributed by atoms with E-state index >= 15 is 0 Å². The Morgan fingerprint density at radius 2 is 2.07 bits per heavy atom. The summed E-state index contributed by atoms with van der Waals surface area (Å²) in [6.45, 7) is 5.57. The highest BCUT2D eigenvalue weighted by Gasteiger charge is 2.21. The molecule has 0 saturated heterocycles. The van der Waals surface area contributed by atoms with E-state index < -0.39 is 15.6 Å². The minimum absolute atomic E-state index is 0.0444. The van der Waals surface area contributed by atoms with Gasteiger partial charge in [0.1, 0.15) is 17.8 Å². The normalized spacial score (nSPS) is 11.7. The second-order valence-electron chi connectivity index (χ2n) is 6.39. The number of aromatic nitrogens is 5. The molecule has 0 aliphatic carbocycles. The quantitative estimate of drug-likeness (QED) is 0.472. The number of nitrogens with zero attached hydrogens (tertiary/aromatic N) is 4. The van der Waals surface area contributed by atoms with Crippen LogP contribution in [-0.4, -0.2) is 39.8 Å². The maximum absolute atomic E-state index is 12.7. The molecule has 11 nitrogen and oxygen atoms in total. The molecule has 0 bridgehead atoms. The van der Waals surface area contributed by atoms with Crippen LogP contribution in [0.2, 0.25) is 0 Å². The van der Waals surface area contributed by atoms with Crippen molar-refractivity contribution in [2.75, 3.05) is 11.3 Å². The molecule has 12 heteroatoms. The molecule has 3 aromatic heterocycles. The first-order valence-electron chi connectivity index (χ1n) is 8.97. The molecule has 4 rings (SSSR count). The van der Waals surface area contributed by atoms with Crippen molar-refractivity contribution < 1.29 is 17.7 Å². The summed E-state index contributed by atoms with van der Waals surface area (Å²) < 4.78 is 39.5. The molecule has 0 aliphatic rings. The molecule has 4 aromatic rings. The molecule has 0 spiro atoms. The van der Waals surface area contributed by atoms with Crippen molar-refractivity contribution in [1.82, 2.24) is 24.7 Å². The van der Waals surface area contributed by atoms with Crippen LogP contribution in [0.5, 0.6) is 5.75 Å². The van der Waals surface area contributed by atoms with Crippen LogP contribution in [-0.2, 0) is 10.0 Å². The Balaban J connectivity index is 1.88. The third-order valence-electron chi connectivity index (χ3n) is 4.33. The zero-order valence-electron chi connectivity index (χ0n) is 16.3. The highest BCUT2D eigenvalue weighted by Crippen LogP contribution is 2.30. The fourth-order valence-corrected chi connectivity index (χ4v) is 4.08. The van der Waals surface area contributed by atoms with Gasteiger partial charge in [-0.25, -0.2) is 17.9 Å². The van der Waals surface area contributed by atoms with Crippen molar-refractivity contribution in [3.05, 3.63) is 52.4 Å². The predicted molar refractivity (Wildman–Crippen MR) is 107 cm³/mol. The summed E-state index contributed by atoms with van der Waals surface area (Å²) in [6, 6.07) is 5.65. The van der Waals surface area contributed by atoms with E-state index in [0.717, 1.165) is 0 Å². The number of fused-ring (bicyclic) bond motifs is 1. The number of anilines is 1. The Kier molecular flexibility index (Phi) is 4.78. The topological polar surface area (TPSA) is 144 Å². The summed E-state index contributed by atoms with van der Waals surface area (Å²) >= 11 is 0. The molecule has 0 atom stereocenters. The summed E-state index contributed by atoms with van der Waals surface area (Å²) in [6.07, 6.45) is 1.25. The Morgan fingerprint density at radius 3 is 2.77 bits per heavy atom. The number of ether oxygens (including phenoxy) is 1. The van der Waals surface area contributed by atoms with Gasteiger partial charge in [0.15, 0.2) is 17.2 Å². The molecule has 1 aromatic carbocycles. The zero-order chi connectivity index (χ0) is 21.5. The van der Waals surface area contributed by atoms with Gasteiger partial charge < -0.3 is 14.2 Å². The Bertz CT molecular complexity index is 1390. The van der Waals surface area contributed by atoms with Gasteiger partial charge in [0.2, 0.25) is 0 Å². The first kappa shape index (κ1) is 19.6. The van der Waals surface area contributed by atoms with E-state index in [-0.39, 0.29) is 16.5 Å². The monoisotopic (exact) mass is 430 g/mol. The van der Waals surface area contributed by atoms with Crippen molar-refractivity contribution in [1.29, 1.82) is 0 Å². The largest absolute Gasteiger partial charge is 0.493 e. The maximum Gasteiger partial charge on any atom is 0.277 e. The molecule has 0 amide bonds. The molecule has 0 aliphatic heterocycles. The Morgan fingerprint density at radius 1 is 1.27 bits per heavy atom. The van der Waals surface area contributed by atoms with Gasteiger partial charge in [-0.05, 0) is 39.0 Å². The van der Waals surface area contributed by atoms with Crippen LogP contribution in [0.1, 0.15) is 18.4 Å². The molecule has 2 N–H and O–H groups in total. The molecular weight excluding hydrogens is 412 g/mol. The van der Waals surface area contributed by atoms with Crippen LogP contribution >= 0.6 is 0 Å². The van der Waals surface area contributed by atoms with Crippen LogP contribution in [0.25, 0.3) is 16.9 Å². The van der Waals surface area contributed by atoms with E-state index in [4.69, 9.17) is 4.74 Å². The van der Waals surface area contributed by atoms with Crippen LogP contribution in [0.4, 0.5) is 5.82 Å². The maximum atomic E-state index is 12.7. The van der Waals surface area contributed by atoms with Gasteiger partial charge in [0.05, 0.1) is 22.8 Å². The fourth-order valence-electron chi connectivity index (χ4n) is 3.06. The number of hydrogen-bond donors (Lipinski definition) is 2. The number of H-pyrrole nitrogens is 1. The number of sulfonamides is 1. The SMILES string of the molecule is CCOc1ccc(S(=O)(=O)Nc2ccon2)cc1-c1nn2c(C)nc(C)c2c(=O)[nH]1. The lowest BCUT2D eigenvalue weighted by atomic mass is 10.2. The van der Waals surface area contributed by atoms with E-state index in [9.17, 15) is 13.2 Å². The molecular formula is C18H18N6O5S. The number of hydrogen-bond acceptors (Lipinski definition) is 8. The third-order valence-corrected chi connectivity index (χ3v) is 5.68. The van der Waals surface area contributed by atoms with E-state index in [1.807, 2.05) is 0 Å². The molecule has 0 saturated carbocycles. The number of aromatic amines is 1. The van der Waals surface area contributed by atoms with Crippen LogP contribution in [0.3, 0.4) is 0 Å². The molecule has 0 fully saturated rings.